The van der Waals surface area contributed by atoms with E-state index in [2.05, 4.69) is 34.2 Å². The van der Waals surface area contributed by atoms with Crippen LogP contribution in [0.5, 0.6) is 0 Å². The van der Waals surface area contributed by atoms with Crippen LogP contribution >= 0.6 is 23.2 Å². The Morgan fingerprint density at radius 1 is 0.955 bits per heavy atom. The molecule has 2 aromatic rings. The first-order chi connectivity index (χ1) is 10.7. The van der Waals surface area contributed by atoms with Crippen molar-refractivity contribution in [3.8, 4) is 0 Å². The smallest absolute Gasteiger partial charge is 0.0645 e. The van der Waals surface area contributed by atoms with E-state index in [9.17, 15) is 0 Å². The van der Waals surface area contributed by atoms with Crippen molar-refractivity contribution in [2.24, 2.45) is 4.99 Å². The molecule has 0 N–H and O–H groups in total. The molecule has 1 aliphatic rings. The average molecular weight is 335 g/mol. The first kappa shape index (κ1) is 15.3. The number of hydrogen-bond donors (Lipinski definition) is 0. The molecule has 0 spiro atoms. The van der Waals surface area contributed by atoms with Crippen LogP contribution in [0.1, 0.15) is 5.56 Å². The summed E-state index contributed by atoms with van der Waals surface area (Å²) in [5.41, 5.74) is 3.05. The lowest BCUT2D eigenvalue weighted by Crippen LogP contribution is -2.36. The fourth-order valence-electron chi connectivity index (χ4n) is 2.31. The summed E-state index contributed by atoms with van der Waals surface area (Å²) in [5, 5.41) is 1.05. The monoisotopic (exact) mass is 334 g/mol. The van der Waals surface area contributed by atoms with Crippen LogP contribution in [0.2, 0.25) is 10.0 Å². The molecular formula is C17H16Cl2N2O. The fourth-order valence-corrected chi connectivity index (χ4v) is 2.60. The number of aliphatic imine (C=N–C) groups is 1. The second kappa shape index (κ2) is 7.14. The van der Waals surface area contributed by atoms with Gasteiger partial charge in [-0.1, -0.05) is 35.3 Å². The third-order valence-corrected chi connectivity index (χ3v) is 4.27. The Morgan fingerprint density at radius 2 is 1.68 bits per heavy atom. The Kier molecular flexibility index (Phi) is 4.98. The maximum absolute atomic E-state index is 5.98. The number of halogens is 2. The molecule has 114 valence electrons. The molecule has 0 unspecified atom stereocenters. The molecule has 1 aliphatic heterocycles. The van der Waals surface area contributed by atoms with Crippen molar-refractivity contribution < 1.29 is 4.74 Å². The molecule has 0 radical (unpaired) electrons. The van der Waals surface area contributed by atoms with E-state index < -0.39 is 0 Å². The highest BCUT2D eigenvalue weighted by atomic mass is 35.5. The largest absolute Gasteiger partial charge is 0.378 e. The van der Waals surface area contributed by atoms with Gasteiger partial charge in [0, 0.05) is 25.0 Å². The Labute approximate surface area is 140 Å². The van der Waals surface area contributed by atoms with Gasteiger partial charge in [0.15, 0.2) is 0 Å². The molecular weight excluding hydrogens is 319 g/mol. The van der Waals surface area contributed by atoms with Crippen molar-refractivity contribution in [2.45, 2.75) is 0 Å². The molecule has 5 heteroatoms. The van der Waals surface area contributed by atoms with Gasteiger partial charge in [-0.3, -0.25) is 4.99 Å². The van der Waals surface area contributed by atoms with Gasteiger partial charge in [0.2, 0.25) is 0 Å². The molecule has 1 heterocycles. The van der Waals surface area contributed by atoms with Gasteiger partial charge in [-0.15, -0.1) is 0 Å². The summed E-state index contributed by atoms with van der Waals surface area (Å²) >= 11 is 11.9. The summed E-state index contributed by atoms with van der Waals surface area (Å²) in [5.74, 6) is 0. The topological polar surface area (TPSA) is 24.8 Å². The number of hydrogen-bond acceptors (Lipinski definition) is 3. The van der Waals surface area contributed by atoms with E-state index >= 15 is 0 Å². The zero-order chi connectivity index (χ0) is 15.4. The maximum Gasteiger partial charge on any atom is 0.0645 e. The van der Waals surface area contributed by atoms with E-state index in [1.807, 2.05) is 12.3 Å². The van der Waals surface area contributed by atoms with Gasteiger partial charge in [-0.25, -0.2) is 0 Å². The molecule has 1 saturated heterocycles. The van der Waals surface area contributed by atoms with Crippen LogP contribution in [0.4, 0.5) is 11.4 Å². The minimum Gasteiger partial charge on any atom is -0.378 e. The minimum absolute atomic E-state index is 0.513. The van der Waals surface area contributed by atoms with Crippen LogP contribution < -0.4 is 4.90 Å². The van der Waals surface area contributed by atoms with E-state index in [0.717, 1.165) is 37.6 Å². The van der Waals surface area contributed by atoms with Crippen molar-refractivity contribution >= 4 is 40.8 Å². The van der Waals surface area contributed by atoms with Crippen molar-refractivity contribution in [3.05, 3.63) is 58.1 Å². The molecule has 1 fully saturated rings. The molecule has 0 saturated carbocycles. The number of nitrogens with zero attached hydrogens (tertiary/aromatic N) is 2. The molecule has 0 aromatic heterocycles. The van der Waals surface area contributed by atoms with Crippen molar-refractivity contribution in [2.75, 3.05) is 31.2 Å². The minimum atomic E-state index is 0.513. The Morgan fingerprint density at radius 3 is 2.36 bits per heavy atom. The molecule has 0 amide bonds. The lowest BCUT2D eigenvalue weighted by Gasteiger charge is -2.28. The molecule has 3 nitrogen and oxygen atoms in total. The quantitative estimate of drug-likeness (QED) is 0.767. The number of ether oxygens (including phenoxy) is 1. The van der Waals surface area contributed by atoms with Gasteiger partial charge in [-0.2, -0.15) is 0 Å². The molecule has 0 bridgehead atoms. The zero-order valence-corrected chi connectivity index (χ0v) is 13.5. The molecule has 2 aromatic carbocycles. The van der Waals surface area contributed by atoms with Gasteiger partial charge < -0.3 is 9.64 Å². The predicted octanol–water partition coefficient (Wildman–Crippen LogP) is 4.58. The summed E-state index contributed by atoms with van der Waals surface area (Å²) in [6.07, 6.45) is 1.82. The van der Waals surface area contributed by atoms with E-state index in [1.165, 1.54) is 5.69 Å². The van der Waals surface area contributed by atoms with Gasteiger partial charge in [0.25, 0.3) is 0 Å². The Bertz CT molecular complexity index is 665. The van der Waals surface area contributed by atoms with Gasteiger partial charge in [-0.05, 0) is 35.9 Å². The summed E-state index contributed by atoms with van der Waals surface area (Å²) in [4.78, 5) is 6.74. The van der Waals surface area contributed by atoms with Crippen LogP contribution in [-0.2, 0) is 4.74 Å². The van der Waals surface area contributed by atoms with Crippen LogP contribution in [0.15, 0.2) is 47.5 Å². The van der Waals surface area contributed by atoms with E-state index in [-0.39, 0.29) is 0 Å². The Balaban J connectivity index is 1.69. The third-order valence-electron chi connectivity index (χ3n) is 3.54. The van der Waals surface area contributed by atoms with Gasteiger partial charge in [0.1, 0.15) is 0 Å². The van der Waals surface area contributed by atoms with Crippen molar-refractivity contribution in [1.82, 2.24) is 0 Å². The number of anilines is 1. The van der Waals surface area contributed by atoms with Gasteiger partial charge in [0.05, 0.1) is 28.9 Å². The fraction of sp³-hybridized carbons (Fsp3) is 0.235. The SMILES string of the molecule is Clc1ccc(N=Cc2ccc(N3CCOCC3)cc2)cc1Cl. The summed E-state index contributed by atoms with van der Waals surface area (Å²) in [6.45, 7) is 3.47. The summed E-state index contributed by atoms with van der Waals surface area (Å²) < 4.78 is 5.37. The number of benzene rings is 2. The van der Waals surface area contributed by atoms with Gasteiger partial charge >= 0.3 is 0 Å². The molecule has 0 atom stereocenters. The van der Waals surface area contributed by atoms with E-state index in [1.54, 1.807) is 12.1 Å². The highest BCUT2D eigenvalue weighted by Gasteiger charge is 2.10. The standard InChI is InChI=1S/C17H16Cl2N2O/c18-16-6-3-14(11-17(16)19)20-12-13-1-4-15(5-2-13)21-7-9-22-10-8-21/h1-6,11-12H,7-10H2. The van der Waals surface area contributed by atoms with Crippen molar-refractivity contribution in [3.63, 3.8) is 0 Å². The molecule has 3 rings (SSSR count). The van der Waals surface area contributed by atoms with Crippen LogP contribution in [0, 0.1) is 0 Å². The second-order valence-electron chi connectivity index (χ2n) is 5.05. The molecule has 22 heavy (non-hydrogen) atoms. The lowest BCUT2D eigenvalue weighted by molar-refractivity contribution is 0.122. The average Bonchev–Trinajstić information content (AvgIpc) is 2.57. The molecule has 0 aliphatic carbocycles. The number of morpholine rings is 1. The third kappa shape index (κ3) is 3.80. The van der Waals surface area contributed by atoms with Crippen molar-refractivity contribution in [1.29, 1.82) is 0 Å². The first-order valence-electron chi connectivity index (χ1n) is 7.14. The van der Waals surface area contributed by atoms with E-state index in [4.69, 9.17) is 27.9 Å². The van der Waals surface area contributed by atoms with Crippen LogP contribution in [0.25, 0.3) is 0 Å². The highest BCUT2D eigenvalue weighted by molar-refractivity contribution is 6.42. The number of rotatable bonds is 3. The highest BCUT2D eigenvalue weighted by Crippen LogP contribution is 2.26. The van der Waals surface area contributed by atoms with E-state index in [0.29, 0.717) is 10.0 Å². The predicted molar refractivity (Wildman–Crippen MR) is 93.2 cm³/mol. The first-order valence-corrected chi connectivity index (χ1v) is 7.90. The Hall–Kier alpha value is -1.55. The summed E-state index contributed by atoms with van der Waals surface area (Å²) in [6, 6.07) is 13.7. The van der Waals surface area contributed by atoms with Crippen LogP contribution in [0.3, 0.4) is 0 Å². The summed E-state index contributed by atoms with van der Waals surface area (Å²) in [7, 11) is 0. The zero-order valence-electron chi connectivity index (χ0n) is 12.0. The second-order valence-corrected chi connectivity index (χ2v) is 5.86. The lowest BCUT2D eigenvalue weighted by atomic mass is 10.2. The maximum atomic E-state index is 5.98. The normalized spacial score (nSPS) is 15.5. The van der Waals surface area contributed by atoms with Crippen LogP contribution in [-0.4, -0.2) is 32.5 Å².